The van der Waals surface area contributed by atoms with Crippen LogP contribution in [0.25, 0.3) is 0 Å². The molecule has 80 valence electrons. The van der Waals surface area contributed by atoms with Crippen molar-refractivity contribution in [3.8, 4) is 5.75 Å². The lowest BCUT2D eigenvalue weighted by Crippen LogP contribution is -2.00. The smallest absolute Gasteiger partial charge is 0.206 e. The zero-order valence-electron chi connectivity index (χ0n) is 7.34. The van der Waals surface area contributed by atoms with E-state index in [0.29, 0.717) is 0 Å². The molecule has 0 amide bonds. The van der Waals surface area contributed by atoms with Crippen LogP contribution in [0.15, 0.2) is 0 Å². The van der Waals surface area contributed by atoms with Crippen LogP contribution in [-0.2, 0) is 0 Å². The summed E-state index contributed by atoms with van der Waals surface area (Å²) in [5, 5.41) is 8.30. The van der Waals surface area contributed by atoms with Crippen LogP contribution in [0.4, 0.5) is 22.0 Å². The van der Waals surface area contributed by atoms with E-state index < -0.39 is 34.8 Å². The molecule has 1 nitrogen and oxygen atoms in total. The second-order valence-electron chi connectivity index (χ2n) is 1.92. The van der Waals surface area contributed by atoms with Crippen LogP contribution in [0, 0.1) is 29.1 Å². The van der Waals surface area contributed by atoms with Crippen LogP contribution in [0.2, 0.25) is 0 Å². The Kier molecular flexibility index (Phi) is 4.33. The van der Waals surface area contributed by atoms with Crippen molar-refractivity contribution in [2.75, 3.05) is 0 Å². The Balaban J connectivity index is 0.000000791. The molecule has 0 aliphatic heterocycles. The van der Waals surface area contributed by atoms with Crippen molar-refractivity contribution < 1.29 is 27.1 Å². The fourth-order valence-electron chi connectivity index (χ4n) is 0.593. The van der Waals surface area contributed by atoms with Crippen LogP contribution in [0.3, 0.4) is 0 Å². The summed E-state index contributed by atoms with van der Waals surface area (Å²) in [6, 6.07) is 0. The van der Waals surface area contributed by atoms with Crippen molar-refractivity contribution in [1.29, 1.82) is 0 Å². The molecule has 0 aromatic heterocycles. The third-order valence-electron chi connectivity index (χ3n) is 1.19. The van der Waals surface area contributed by atoms with Gasteiger partial charge in [-0.3, -0.25) is 0 Å². The molecule has 1 aromatic rings. The Bertz CT molecular complexity index is 232. The maximum Gasteiger partial charge on any atom is 0.206 e. The number of hydrogen-bond acceptors (Lipinski definition) is 1. The molecule has 1 aromatic carbocycles. The molecule has 0 aliphatic rings. The highest BCUT2D eigenvalue weighted by Crippen LogP contribution is 2.27. The number of benzene rings is 1. The number of aromatic hydroxyl groups is 1. The van der Waals surface area contributed by atoms with Crippen LogP contribution in [0.1, 0.15) is 13.8 Å². The van der Waals surface area contributed by atoms with Gasteiger partial charge in [-0.2, -0.15) is 8.78 Å². The quantitative estimate of drug-likeness (QED) is 0.399. The molecular formula is C8H7F5O. The molecule has 0 saturated carbocycles. The summed E-state index contributed by atoms with van der Waals surface area (Å²) in [6.45, 7) is 4.00. The van der Waals surface area contributed by atoms with Gasteiger partial charge in [0.25, 0.3) is 0 Å². The predicted octanol–water partition coefficient (Wildman–Crippen LogP) is 3.11. The largest absolute Gasteiger partial charge is 0.503 e. The second kappa shape index (κ2) is 4.78. The first-order valence-corrected chi connectivity index (χ1v) is 3.67. The highest BCUT2D eigenvalue weighted by atomic mass is 19.2. The summed E-state index contributed by atoms with van der Waals surface area (Å²) in [6.07, 6.45) is 0. The van der Waals surface area contributed by atoms with Crippen molar-refractivity contribution in [3.05, 3.63) is 29.1 Å². The van der Waals surface area contributed by atoms with E-state index in [2.05, 4.69) is 0 Å². The fourth-order valence-corrected chi connectivity index (χ4v) is 0.593. The lowest BCUT2D eigenvalue weighted by Gasteiger charge is -2.00. The highest BCUT2D eigenvalue weighted by Gasteiger charge is 2.24. The first kappa shape index (κ1) is 12.7. The standard InChI is InChI=1S/C6HF5O.C2H6/c7-1-2(8)4(10)6(12)5(11)3(1)9;1-2/h12H;1-2H3. The van der Waals surface area contributed by atoms with Crippen LogP contribution in [-0.4, -0.2) is 5.11 Å². The third-order valence-corrected chi connectivity index (χ3v) is 1.19. The maximum absolute atomic E-state index is 12.2. The predicted molar refractivity (Wildman–Crippen MR) is 39.2 cm³/mol. The first-order valence-electron chi connectivity index (χ1n) is 3.67. The number of phenols is 1. The van der Waals surface area contributed by atoms with Crippen molar-refractivity contribution in [2.45, 2.75) is 13.8 Å². The minimum absolute atomic E-state index is 1.87. The van der Waals surface area contributed by atoms with Gasteiger partial charge in [0.1, 0.15) is 0 Å². The van der Waals surface area contributed by atoms with Gasteiger partial charge in [0.15, 0.2) is 5.75 Å². The normalized spacial score (nSPS) is 9.36. The number of hydrogen-bond donors (Lipinski definition) is 1. The lowest BCUT2D eigenvalue weighted by molar-refractivity contribution is 0.325. The van der Waals surface area contributed by atoms with Gasteiger partial charge in [0, 0.05) is 0 Å². The van der Waals surface area contributed by atoms with Gasteiger partial charge in [0.2, 0.25) is 29.1 Å². The molecule has 6 heteroatoms. The number of phenolic OH excluding ortho intramolecular Hbond substituents is 1. The van der Waals surface area contributed by atoms with Crippen LogP contribution >= 0.6 is 0 Å². The van der Waals surface area contributed by atoms with Crippen molar-refractivity contribution in [1.82, 2.24) is 0 Å². The zero-order valence-corrected chi connectivity index (χ0v) is 7.34. The average molecular weight is 214 g/mol. The maximum atomic E-state index is 12.2. The molecule has 0 aliphatic carbocycles. The molecular weight excluding hydrogens is 207 g/mol. The highest BCUT2D eigenvalue weighted by molar-refractivity contribution is 5.27. The van der Waals surface area contributed by atoms with Crippen LogP contribution in [0.5, 0.6) is 5.75 Å². The summed E-state index contributed by atoms with van der Waals surface area (Å²) in [4.78, 5) is 0. The molecule has 0 atom stereocenters. The molecule has 0 fully saturated rings. The van der Waals surface area contributed by atoms with E-state index in [-0.39, 0.29) is 0 Å². The molecule has 0 radical (unpaired) electrons. The molecule has 1 rings (SSSR count). The molecule has 1 N–H and O–H groups in total. The summed E-state index contributed by atoms with van der Waals surface area (Å²) in [5.41, 5.74) is 0. The summed E-state index contributed by atoms with van der Waals surface area (Å²) in [5.74, 6) is -12.9. The van der Waals surface area contributed by atoms with Gasteiger partial charge < -0.3 is 5.11 Å². The Morgan fingerprint density at radius 1 is 0.643 bits per heavy atom. The first-order chi connectivity index (χ1) is 6.46. The fraction of sp³-hybridized carbons (Fsp3) is 0.250. The van der Waals surface area contributed by atoms with Gasteiger partial charge in [0.05, 0.1) is 0 Å². The van der Waals surface area contributed by atoms with Gasteiger partial charge >= 0.3 is 0 Å². The number of halogens is 5. The summed E-state index contributed by atoms with van der Waals surface area (Å²) >= 11 is 0. The van der Waals surface area contributed by atoms with Gasteiger partial charge in [-0.25, -0.2) is 13.2 Å². The van der Waals surface area contributed by atoms with E-state index in [0.717, 1.165) is 0 Å². The van der Waals surface area contributed by atoms with Crippen LogP contribution < -0.4 is 0 Å². The summed E-state index contributed by atoms with van der Waals surface area (Å²) < 4.78 is 60.6. The Labute approximate surface area is 76.8 Å². The van der Waals surface area contributed by atoms with Gasteiger partial charge in [-0.1, -0.05) is 13.8 Å². The van der Waals surface area contributed by atoms with E-state index >= 15 is 0 Å². The van der Waals surface area contributed by atoms with E-state index in [4.69, 9.17) is 5.11 Å². The van der Waals surface area contributed by atoms with E-state index in [9.17, 15) is 22.0 Å². The zero-order chi connectivity index (χ0) is 11.5. The van der Waals surface area contributed by atoms with Crippen molar-refractivity contribution in [2.24, 2.45) is 0 Å². The molecule has 0 unspecified atom stereocenters. The minimum atomic E-state index is -2.29. The molecule has 0 bridgehead atoms. The van der Waals surface area contributed by atoms with Crippen molar-refractivity contribution in [3.63, 3.8) is 0 Å². The average Bonchev–Trinajstić information content (AvgIpc) is 2.24. The topological polar surface area (TPSA) is 20.2 Å². The van der Waals surface area contributed by atoms with Crippen molar-refractivity contribution >= 4 is 0 Å². The SMILES string of the molecule is CC.Oc1c(F)c(F)c(F)c(F)c1F. The van der Waals surface area contributed by atoms with E-state index in [1.165, 1.54) is 0 Å². The molecule has 0 saturated heterocycles. The van der Waals surface area contributed by atoms with E-state index in [1.54, 1.807) is 0 Å². The molecule has 0 spiro atoms. The molecule has 14 heavy (non-hydrogen) atoms. The second-order valence-corrected chi connectivity index (χ2v) is 1.92. The van der Waals surface area contributed by atoms with E-state index in [1.807, 2.05) is 13.8 Å². The Hall–Kier alpha value is -1.33. The Morgan fingerprint density at radius 2 is 0.857 bits per heavy atom. The lowest BCUT2D eigenvalue weighted by atomic mass is 10.3. The van der Waals surface area contributed by atoms with Gasteiger partial charge in [-0.05, 0) is 0 Å². The minimum Gasteiger partial charge on any atom is -0.503 e. The monoisotopic (exact) mass is 214 g/mol. The Morgan fingerprint density at radius 3 is 1.14 bits per heavy atom. The molecule has 0 heterocycles. The number of rotatable bonds is 0. The third kappa shape index (κ3) is 1.94. The van der Waals surface area contributed by atoms with Gasteiger partial charge in [-0.15, -0.1) is 0 Å². The summed E-state index contributed by atoms with van der Waals surface area (Å²) in [7, 11) is 0.